The molecular formula is C35H31FN2O3S. The number of carbonyl (C=O) groups excluding carboxylic acids is 1. The molecule has 0 bridgehead atoms. The molecule has 6 rings (SSSR count). The first-order valence-corrected chi connectivity index (χ1v) is 15.0. The van der Waals surface area contributed by atoms with Gasteiger partial charge in [0.15, 0.2) is 0 Å². The first-order valence-electron chi connectivity index (χ1n) is 14.2. The highest BCUT2D eigenvalue weighted by Gasteiger charge is 2.27. The Hall–Kier alpha value is -4.36. The maximum absolute atomic E-state index is 13.4. The highest BCUT2D eigenvalue weighted by molar-refractivity contribution is 7.17. The number of hydrogen-bond acceptors (Lipinski definition) is 4. The minimum absolute atomic E-state index is 0.0345. The number of carbonyl (C=O) groups is 2. The lowest BCUT2D eigenvalue weighted by Crippen LogP contribution is -2.26. The molecule has 42 heavy (non-hydrogen) atoms. The summed E-state index contributed by atoms with van der Waals surface area (Å²) in [6.45, 7) is 4.08. The number of rotatable bonds is 8. The van der Waals surface area contributed by atoms with Crippen molar-refractivity contribution in [1.29, 1.82) is 0 Å². The second-order valence-electron chi connectivity index (χ2n) is 11.3. The molecule has 3 aromatic carbocycles. The number of fused-ring (bicyclic) bond motifs is 2. The SMILES string of the molecule is CC(C)Cc1nc2cc(Cc3ccc(F)cc3)ccc2c(-c2ccc(C(=O)NC3CCc4ccccc43)s2)c1C(=O)O. The number of hydrogen-bond donors (Lipinski definition) is 2. The first-order chi connectivity index (χ1) is 20.3. The fraction of sp³-hybridized carbons (Fsp3) is 0.229. The smallest absolute Gasteiger partial charge is 0.338 e. The van der Waals surface area contributed by atoms with E-state index in [-0.39, 0.29) is 29.2 Å². The van der Waals surface area contributed by atoms with Gasteiger partial charge in [-0.2, -0.15) is 0 Å². The highest BCUT2D eigenvalue weighted by Crippen LogP contribution is 2.39. The zero-order valence-corrected chi connectivity index (χ0v) is 24.3. The molecule has 2 N–H and O–H groups in total. The molecule has 1 aliphatic carbocycles. The van der Waals surface area contributed by atoms with Crippen LogP contribution in [0.15, 0.2) is 78.9 Å². The van der Waals surface area contributed by atoms with Gasteiger partial charge in [-0.15, -0.1) is 11.3 Å². The van der Waals surface area contributed by atoms with Gasteiger partial charge in [0.1, 0.15) is 5.82 Å². The van der Waals surface area contributed by atoms with Crippen molar-refractivity contribution in [3.63, 3.8) is 0 Å². The van der Waals surface area contributed by atoms with E-state index in [4.69, 9.17) is 4.98 Å². The standard InChI is InChI=1S/C35H31FN2O3S/c1-20(2)17-29-33(35(40)41)32(26-13-9-22(19-28(26)37-29)18-21-7-11-24(36)12-8-21)30-15-16-31(42-30)34(39)38-27-14-10-23-5-3-4-6-25(23)27/h3-9,11-13,15-16,19-20,27H,10,14,17-18H2,1-2H3,(H,38,39)(H,40,41). The van der Waals surface area contributed by atoms with Gasteiger partial charge in [0.25, 0.3) is 5.91 Å². The van der Waals surface area contributed by atoms with E-state index in [1.165, 1.54) is 29.0 Å². The molecule has 7 heteroatoms. The lowest BCUT2D eigenvalue weighted by atomic mass is 9.93. The lowest BCUT2D eigenvalue weighted by molar-refractivity contribution is 0.0695. The molecule has 2 heterocycles. The van der Waals surface area contributed by atoms with E-state index in [1.807, 2.05) is 50.2 Å². The van der Waals surface area contributed by atoms with E-state index in [9.17, 15) is 19.1 Å². The third-order valence-corrected chi connectivity index (χ3v) is 8.88. The molecule has 2 aromatic heterocycles. The summed E-state index contributed by atoms with van der Waals surface area (Å²) in [5, 5.41) is 14.3. The predicted octanol–water partition coefficient (Wildman–Crippen LogP) is 8.01. The van der Waals surface area contributed by atoms with Crippen molar-refractivity contribution < 1.29 is 19.1 Å². The van der Waals surface area contributed by atoms with Crippen LogP contribution in [0.25, 0.3) is 21.3 Å². The minimum Gasteiger partial charge on any atom is -0.478 e. The van der Waals surface area contributed by atoms with Crippen molar-refractivity contribution in [2.75, 3.05) is 0 Å². The number of nitrogens with one attached hydrogen (secondary N) is 1. The van der Waals surface area contributed by atoms with Crippen LogP contribution in [0.5, 0.6) is 0 Å². The second kappa shape index (κ2) is 11.5. The third kappa shape index (κ3) is 5.57. The van der Waals surface area contributed by atoms with Crippen LogP contribution in [0.2, 0.25) is 0 Å². The van der Waals surface area contributed by atoms with Gasteiger partial charge in [0, 0.05) is 15.8 Å². The number of carboxylic acids is 1. The molecule has 5 aromatic rings. The molecule has 212 valence electrons. The number of thiophene rings is 1. The van der Waals surface area contributed by atoms with Crippen molar-refractivity contribution in [3.8, 4) is 10.4 Å². The van der Waals surface area contributed by atoms with Crippen molar-refractivity contribution in [1.82, 2.24) is 10.3 Å². The van der Waals surface area contributed by atoms with Gasteiger partial charge in [-0.3, -0.25) is 9.78 Å². The molecule has 0 radical (unpaired) electrons. The molecule has 1 unspecified atom stereocenters. The summed E-state index contributed by atoms with van der Waals surface area (Å²) in [7, 11) is 0. The van der Waals surface area contributed by atoms with E-state index >= 15 is 0 Å². The fourth-order valence-corrected chi connectivity index (χ4v) is 6.84. The number of aromatic nitrogens is 1. The maximum atomic E-state index is 13.4. The van der Waals surface area contributed by atoms with Gasteiger partial charge in [-0.1, -0.05) is 62.4 Å². The lowest BCUT2D eigenvalue weighted by Gasteiger charge is -2.16. The molecule has 1 amide bonds. The normalized spacial score (nSPS) is 14.3. The Bertz CT molecular complexity index is 1810. The third-order valence-electron chi connectivity index (χ3n) is 7.78. The number of halogens is 1. The Morgan fingerprint density at radius 3 is 2.55 bits per heavy atom. The maximum Gasteiger partial charge on any atom is 0.338 e. The summed E-state index contributed by atoms with van der Waals surface area (Å²) >= 11 is 1.30. The number of amides is 1. The van der Waals surface area contributed by atoms with Gasteiger partial charge in [0.05, 0.1) is 27.7 Å². The van der Waals surface area contributed by atoms with Crippen LogP contribution in [0.1, 0.15) is 74.3 Å². The number of carboxylic acid groups (broad SMARTS) is 1. The molecule has 1 atom stereocenters. The molecule has 1 aliphatic rings. The molecule has 0 saturated carbocycles. The van der Waals surface area contributed by atoms with Gasteiger partial charge < -0.3 is 10.4 Å². The van der Waals surface area contributed by atoms with E-state index in [0.29, 0.717) is 39.4 Å². The number of pyridine rings is 1. The summed E-state index contributed by atoms with van der Waals surface area (Å²) in [6.07, 6.45) is 2.90. The number of aryl methyl sites for hydroxylation is 1. The van der Waals surface area contributed by atoms with Gasteiger partial charge in [0.2, 0.25) is 0 Å². The zero-order chi connectivity index (χ0) is 29.4. The summed E-state index contributed by atoms with van der Waals surface area (Å²) in [6, 6.07) is 24.0. The quantitative estimate of drug-likeness (QED) is 0.196. The van der Waals surface area contributed by atoms with Crippen LogP contribution in [-0.2, 0) is 19.3 Å². The van der Waals surface area contributed by atoms with E-state index in [1.54, 1.807) is 18.2 Å². The summed E-state index contributed by atoms with van der Waals surface area (Å²) in [4.78, 5) is 32.2. The summed E-state index contributed by atoms with van der Waals surface area (Å²) in [5.41, 5.74) is 6.39. The van der Waals surface area contributed by atoms with Crippen molar-refractivity contribution in [2.45, 2.75) is 45.6 Å². The molecule has 0 saturated heterocycles. The summed E-state index contributed by atoms with van der Waals surface area (Å²) in [5.74, 6) is -1.28. The van der Waals surface area contributed by atoms with E-state index in [2.05, 4.69) is 17.4 Å². The van der Waals surface area contributed by atoms with Gasteiger partial charge in [-0.05, 0) is 84.2 Å². The molecule has 0 fully saturated rings. The van der Waals surface area contributed by atoms with Gasteiger partial charge >= 0.3 is 5.97 Å². The average molecular weight is 579 g/mol. The van der Waals surface area contributed by atoms with Crippen LogP contribution in [0, 0.1) is 11.7 Å². The molecule has 5 nitrogen and oxygen atoms in total. The predicted molar refractivity (Wildman–Crippen MR) is 165 cm³/mol. The second-order valence-corrected chi connectivity index (χ2v) is 12.4. The van der Waals surface area contributed by atoms with Crippen LogP contribution >= 0.6 is 11.3 Å². The topological polar surface area (TPSA) is 79.3 Å². The first kappa shape index (κ1) is 27.8. The largest absolute Gasteiger partial charge is 0.478 e. The Labute approximate surface area is 248 Å². The average Bonchev–Trinajstić information content (AvgIpc) is 3.61. The van der Waals surface area contributed by atoms with Crippen molar-refractivity contribution in [3.05, 3.63) is 123 Å². The monoisotopic (exact) mass is 578 g/mol. The van der Waals surface area contributed by atoms with E-state index in [0.717, 1.165) is 34.9 Å². The van der Waals surface area contributed by atoms with Crippen LogP contribution < -0.4 is 5.32 Å². The summed E-state index contributed by atoms with van der Waals surface area (Å²) < 4.78 is 13.4. The van der Waals surface area contributed by atoms with Crippen molar-refractivity contribution in [2.24, 2.45) is 5.92 Å². The zero-order valence-electron chi connectivity index (χ0n) is 23.5. The highest BCUT2D eigenvalue weighted by atomic mass is 32.1. The molecular weight excluding hydrogens is 547 g/mol. The van der Waals surface area contributed by atoms with Crippen LogP contribution in [0.4, 0.5) is 4.39 Å². The van der Waals surface area contributed by atoms with Gasteiger partial charge in [-0.25, -0.2) is 9.18 Å². The van der Waals surface area contributed by atoms with Crippen molar-refractivity contribution >= 4 is 34.1 Å². The Balaban J connectivity index is 1.39. The number of nitrogens with zero attached hydrogens (tertiary/aromatic N) is 1. The minimum atomic E-state index is -1.03. The molecule has 0 spiro atoms. The van der Waals surface area contributed by atoms with Crippen LogP contribution in [0.3, 0.4) is 0 Å². The van der Waals surface area contributed by atoms with E-state index < -0.39 is 5.97 Å². The fourth-order valence-electron chi connectivity index (χ4n) is 5.86. The molecule has 0 aliphatic heterocycles. The Morgan fingerprint density at radius 2 is 1.79 bits per heavy atom. The van der Waals surface area contributed by atoms with Crippen LogP contribution in [-0.4, -0.2) is 22.0 Å². The Kier molecular flexibility index (Phi) is 7.60. The number of benzene rings is 3. The Morgan fingerprint density at radius 1 is 1.02 bits per heavy atom. The number of aromatic carboxylic acids is 1.